The Morgan fingerprint density at radius 1 is 1.26 bits per heavy atom. The number of aryl methyl sites for hydroxylation is 3. The number of aromatic nitrogens is 2. The molecule has 2 heterocycles. The standard InChI is InChI=1S/C21H28N4O2/c1-15-22-20(24-27-15)13-16-7-10-25(11-8-16)12-9-21(26)23-19-6-5-17-3-2-4-18(17)14-19/h5-6,14,16H,2-4,7-13H2,1H3,(H,23,26). The zero-order valence-corrected chi connectivity index (χ0v) is 16.0. The maximum atomic E-state index is 12.3. The van der Waals surface area contributed by atoms with Crippen molar-refractivity contribution in [1.29, 1.82) is 0 Å². The lowest BCUT2D eigenvalue weighted by Crippen LogP contribution is -2.36. The lowest BCUT2D eigenvalue weighted by atomic mass is 9.93. The van der Waals surface area contributed by atoms with Gasteiger partial charge in [0.05, 0.1) is 0 Å². The summed E-state index contributed by atoms with van der Waals surface area (Å²) in [5.41, 5.74) is 3.77. The van der Waals surface area contributed by atoms with Gasteiger partial charge < -0.3 is 14.7 Å². The van der Waals surface area contributed by atoms with E-state index in [0.29, 0.717) is 18.2 Å². The molecule has 1 amide bonds. The van der Waals surface area contributed by atoms with Crippen molar-refractivity contribution in [2.45, 2.75) is 51.9 Å². The van der Waals surface area contributed by atoms with Gasteiger partial charge in [0.1, 0.15) is 0 Å². The summed E-state index contributed by atoms with van der Waals surface area (Å²) < 4.78 is 5.05. The van der Waals surface area contributed by atoms with Gasteiger partial charge in [0.25, 0.3) is 0 Å². The Hall–Kier alpha value is -2.21. The van der Waals surface area contributed by atoms with Crippen LogP contribution in [0.5, 0.6) is 0 Å². The van der Waals surface area contributed by atoms with Gasteiger partial charge in [-0.1, -0.05) is 11.2 Å². The summed E-state index contributed by atoms with van der Waals surface area (Å²) in [5, 5.41) is 7.06. The van der Waals surface area contributed by atoms with E-state index in [1.165, 1.54) is 24.0 Å². The molecule has 1 fully saturated rings. The van der Waals surface area contributed by atoms with E-state index in [1.807, 2.05) is 13.0 Å². The predicted octanol–water partition coefficient (Wildman–Crippen LogP) is 3.15. The van der Waals surface area contributed by atoms with Gasteiger partial charge in [-0.3, -0.25) is 4.79 Å². The Labute approximate surface area is 160 Å². The first-order valence-electron chi connectivity index (χ1n) is 10.1. The predicted molar refractivity (Wildman–Crippen MR) is 104 cm³/mol. The van der Waals surface area contributed by atoms with E-state index in [-0.39, 0.29) is 5.91 Å². The molecule has 1 N–H and O–H groups in total. The molecule has 0 atom stereocenters. The Bertz CT molecular complexity index is 793. The van der Waals surface area contributed by atoms with E-state index in [2.05, 4.69) is 32.5 Å². The summed E-state index contributed by atoms with van der Waals surface area (Å²) >= 11 is 0. The van der Waals surface area contributed by atoms with Crippen LogP contribution in [-0.2, 0) is 24.1 Å². The van der Waals surface area contributed by atoms with Gasteiger partial charge in [0.2, 0.25) is 11.8 Å². The number of rotatable bonds is 6. The lowest BCUT2D eigenvalue weighted by Gasteiger charge is -2.31. The van der Waals surface area contributed by atoms with Crippen LogP contribution in [0.4, 0.5) is 5.69 Å². The summed E-state index contributed by atoms with van der Waals surface area (Å²) in [6.45, 7) is 4.72. The topological polar surface area (TPSA) is 71.3 Å². The van der Waals surface area contributed by atoms with E-state index in [9.17, 15) is 4.79 Å². The quantitative estimate of drug-likeness (QED) is 0.848. The SMILES string of the molecule is Cc1nc(CC2CCN(CCC(=O)Nc3ccc4c(c3)CCC4)CC2)no1. The Morgan fingerprint density at radius 3 is 2.85 bits per heavy atom. The molecule has 27 heavy (non-hydrogen) atoms. The zero-order valence-electron chi connectivity index (χ0n) is 16.0. The second-order valence-corrected chi connectivity index (χ2v) is 7.85. The number of fused-ring (bicyclic) bond motifs is 1. The van der Waals surface area contributed by atoms with Gasteiger partial charge in [-0.25, -0.2) is 0 Å². The van der Waals surface area contributed by atoms with Crippen molar-refractivity contribution >= 4 is 11.6 Å². The maximum absolute atomic E-state index is 12.3. The highest BCUT2D eigenvalue weighted by atomic mass is 16.5. The minimum atomic E-state index is 0.109. The molecule has 0 radical (unpaired) electrons. The molecular weight excluding hydrogens is 340 g/mol. The van der Waals surface area contributed by atoms with Crippen LogP contribution in [0, 0.1) is 12.8 Å². The largest absolute Gasteiger partial charge is 0.340 e. The fourth-order valence-corrected chi connectivity index (χ4v) is 4.23. The monoisotopic (exact) mass is 368 g/mol. The van der Waals surface area contributed by atoms with Gasteiger partial charge in [-0.2, -0.15) is 4.98 Å². The van der Waals surface area contributed by atoms with Crippen LogP contribution in [-0.4, -0.2) is 40.6 Å². The van der Waals surface area contributed by atoms with E-state index in [1.54, 1.807) is 0 Å². The molecule has 1 aromatic carbocycles. The number of anilines is 1. The van der Waals surface area contributed by atoms with Crippen LogP contribution in [0.15, 0.2) is 22.7 Å². The third-order valence-electron chi connectivity index (χ3n) is 5.79. The number of nitrogens with one attached hydrogen (secondary N) is 1. The summed E-state index contributed by atoms with van der Waals surface area (Å²) in [7, 11) is 0. The number of benzene rings is 1. The molecule has 1 aliphatic heterocycles. The molecule has 0 bridgehead atoms. The number of nitrogens with zero attached hydrogens (tertiary/aromatic N) is 3. The van der Waals surface area contributed by atoms with Crippen LogP contribution in [0.3, 0.4) is 0 Å². The highest BCUT2D eigenvalue weighted by molar-refractivity contribution is 5.91. The van der Waals surface area contributed by atoms with E-state index >= 15 is 0 Å². The maximum Gasteiger partial charge on any atom is 0.225 e. The fourth-order valence-electron chi connectivity index (χ4n) is 4.23. The summed E-state index contributed by atoms with van der Waals surface area (Å²) in [5.74, 6) is 2.17. The molecule has 4 rings (SSSR count). The van der Waals surface area contributed by atoms with Crippen molar-refractivity contribution in [1.82, 2.24) is 15.0 Å². The first-order chi connectivity index (χ1) is 13.2. The molecule has 144 valence electrons. The van der Waals surface area contributed by atoms with Crippen LogP contribution < -0.4 is 5.32 Å². The molecule has 1 aliphatic carbocycles. The summed E-state index contributed by atoms with van der Waals surface area (Å²) in [4.78, 5) is 19.0. The van der Waals surface area contributed by atoms with Crippen molar-refractivity contribution in [3.05, 3.63) is 41.0 Å². The van der Waals surface area contributed by atoms with Crippen LogP contribution in [0.1, 0.15) is 48.5 Å². The summed E-state index contributed by atoms with van der Waals surface area (Å²) in [6.07, 6.45) is 7.23. The minimum absolute atomic E-state index is 0.109. The van der Waals surface area contributed by atoms with Crippen molar-refractivity contribution in [3.8, 4) is 0 Å². The van der Waals surface area contributed by atoms with Crippen molar-refractivity contribution in [3.63, 3.8) is 0 Å². The van der Waals surface area contributed by atoms with Crippen LogP contribution >= 0.6 is 0 Å². The Morgan fingerprint density at radius 2 is 2.07 bits per heavy atom. The average molecular weight is 368 g/mol. The lowest BCUT2D eigenvalue weighted by molar-refractivity contribution is -0.116. The second-order valence-electron chi connectivity index (χ2n) is 7.85. The first-order valence-corrected chi connectivity index (χ1v) is 10.1. The molecule has 0 saturated carbocycles. The molecular formula is C21H28N4O2. The van der Waals surface area contributed by atoms with Gasteiger partial charge in [0.15, 0.2) is 5.82 Å². The number of hydrogen-bond acceptors (Lipinski definition) is 5. The zero-order chi connectivity index (χ0) is 18.6. The minimum Gasteiger partial charge on any atom is -0.340 e. The van der Waals surface area contributed by atoms with Crippen LogP contribution in [0.2, 0.25) is 0 Å². The number of carbonyl (C=O) groups excluding carboxylic acids is 1. The average Bonchev–Trinajstić information content (AvgIpc) is 3.29. The first kappa shape index (κ1) is 18.2. The molecule has 6 heteroatoms. The van der Waals surface area contributed by atoms with Crippen molar-refractivity contribution in [2.24, 2.45) is 5.92 Å². The normalized spacial score (nSPS) is 17.8. The number of piperidine rings is 1. The number of carbonyl (C=O) groups is 1. The van der Waals surface area contributed by atoms with Gasteiger partial charge >= 0.3 is 0 Å². The number of amides is 1. The van der Waals surface area contributed by atoms with Gasteiger partial charge in [-0.15, -0.1) is 0 Å². The molecule has 6 nitrogen and oxygen atoms in total. The smallest absolute Gasteiger partial charge is 0.225 e. The third-order valence-corrected chi connectivity index (χ3v) is 5.79. The molecule has 0 unspecified atom stereocenters. The van der Waals surface area contributed by atoms with Gasteiger partial charge in [0, 0.05) is 32.0 Å². The van der Waals surface area contributed by atoms with Crippen LogP contribution in [0.25, 0.3) is 0 Å². The highest BCUT2D eigenvalue weighted by Gasteiger charge is 2.21. The van der Waals surface area contributed by atoms with E-state index in [4.69, 9.17) is 4.52 Å². The van der Waals surface area contributed by atoms with E-state index < -0.39 is 0 Å². The van der Waals surface area contributed by atoms with E-state index in [0.717, 1.165) is 56.8 Å². The fraction of sp³-hybridized carbons (Fsp3) is 0.571. The van der Waals surface area contributed by atoms with Crippen molar-refractivity contribution in [2.75, 3.05) is 25.0 Å². The number of likely N-dealkylation sites (tertiary alicyclic amines) is 1. The third kappa shape index (κ3) is 4.75. The molecule has 2 aromatic rings. The number of hydrogen-bond donors (Lipinski definition) is 1. The second kappa shape index (κ2) is 8.21. The Balaban J connectivity index is 1.18. The molecule has 0 spiro atoms. The van der Waals surface area contributed by atoms with Gasteiger partial charge in [-0.05, 0) is 74.4 Å². The summed E-state index contributed by atoms with van der Waals surface area (Å²) in [6, 6.07) is 6.34. The molecule has 1 aromatic heterocycles. The molecule has 1 saturated heterocycles. The molecule has 2 aliphatic rings. The Kier molecular flexibility index (Phi) is 5.53. The highest BCUT2D eigenvalue weighted by Crippen LogP contribution is 2.25. The van der Waals surface area contributed by atoms with Crippen molar-refractivity contribution < 1.29 is 9.32 Å².